The van der Waals surface area contributed by atoms with Gasteiger partial charge in [0, 0.05) is 0 Å². The molecule has 0 bridgehead atoms. The zero-order chi connectivity index (χ0) is 37.2. The maximum atomic E-state index is 9.71. The second kappa shape index (κ2) is 14.2. The molecule has 0 radical (unpaired) electrons. The molecule has 9 rings (SSSR count). The van der Waals surface area contributed by atoms with Crippen LogP contribution in [0.5, 0.6) is 0 Å². The summed E-state index contributed by atoms with van der Waals surface area (Å²) < 4.78 is 0. The molecule has 8 aromatic carbocycles. The average molecular weight is 733 g/mol. The first-order valence-corrected chi connectivity index (χ1v) is 22.6. The normalized spacial score (nSPS) is 11.9. The van der Waals surface area contributed by atoms with Crippen LogP contribution in [0.4, 0.5) is 5.69 Å². The molecule has 0 aliphatic heterocycles. The van der Waals surface area contributed by atoms with E-state index in [1.54, 1.807) is 0 Å². The van der Waals surface area contributed by atoms with Crippen LogP contribution in [0.2, 0.25) is 0 Å². The van der Waals surface area contributed by atoms with Crippen molar-refractivity contribution in [2.45, 2.75) is 6.42 Å². The zero-order valence-corrected chi connectivity index (χ0v) is 32.2. The molecule has 0 amide bonds. The summed E-state index contributed by atoms with van der Waals surface area (Å²) >= 11 is 0. The van der Waals surface area contributed by atoms with Crippen molar-refractivity contribution < 1.29 is 0 Å². The Labute approximate surface area is 325 Å². The van der Waals surface area contributed by atoms with Gasteiger partial charge in [0.25, 0.3) is 0 Å². The molecular weight excluding hydrogens is 697 g/mol. The third kappa shape index (κ3) is 5.59. The second-order valence-electron chi connectivity index (χ2n) is 14.2. The molecule has 1 aliphatic carbocycles. The highest BCUT2D eigenvalue weighted by Gasteiger charge is 2.44. The number of benzene rings is 8. The number of hydrogen-bond donors (Lipinski definition) is 0. The highest BCUT2D eigenvalue weighted by Crippen LogP contribution is 2.36. The molecule has 0 N–H and O–H groups in total. The Morgan fingerprint density at radius 1 is 0.400 bits per heavy atom. The van der Waals surface area contributed by atoms with Crippen molar-refractivity contribution in [1.82, 2.24) is 0 Å². The van der Waals surface area contributed by atoms with Crippen LogP contribution < -0.4 is 41.5 Å². The lowest BCUT2D eigenvalue weighted by Gasteiger charge is -2.35. The highest BCUT2D eigenvalue weighted by molar-refractivity contribution is 7.20. The molecule has 0 spiro atoms. The number of hydrogen-bond acceptors (Lipinski definition) is 1. The topological polar surface area (TPSA) is 28.1 Å². The van der Waals surface area contributed by atoms with Crippen molar-refractivity contribution in [2.24, 2.45) is 0 Å². The molecule has 0 aromatic heterocycles. The van der Waals surface area contributed by atoms with E-state index in [-0.39, 0.29) is 0 Å². The average Bonchev–Trinajstić information content (AvgIpc) is 3.64. The van der Waals surface area contributed by atoms with Crippen LogP contribution in [0.1, 0.15) is 16.7 Å². The first-order valence-electron chi connectivity index (χ1n) is 18.6. The van der Waals surface area contributed by atoms with E-state index in [0.29, 0.717) is 11.3 Å². The largest absolute Gasteiger partial charge is 0.238 e. The summed E-state index contributed by atoms with van der Waals surface area (Å²) in [6.07, 6.45) is 0.846. The van der Waals surface area contributed by atoms with E-state index in [2.05, 4.69) is 193 Å². The lowest BCUT2D eigenvalue weighted by Crippen LogP contribution is -2.74. The standard InChI is InChI=1S/C51H36N2Si2/c1-53-41-24-28-47(29-25-41)55(44-18-10-4-11-19-44,45-20-12-5-13-21-45)49-31-33-51-40(36-49)34-39-35-48(30-32-50(39)51)54(42-14-6-2-7-15-42,43-16-8-3-9-17-43)46-26-22-38(37-52)23-27-46/h2-33,35-36H,34H2. The van der Waals surface area contributed by atoms with Gasteiger partial charge in [-0.3, -0.25) is 0 Å². The van der Waals surface area contributed by atoms with Crippen LogP contribution >= 0.6 is 0 Å². The number of nitriles is 1. The van der Waals surface area contributed by atoms with Gasteiger partial charge < -0.3 is 0 Å². The van der Waals surface area contributed by atoms with Crippen molar-refractivity contribution >= 4 is 63.3 Å². The van der Waals surface area contributed by atoms with Gasteiger partial charge in [0.2, 0.25) is 0 Å². The number of fused-ring (bicyclic) bond motifs is 3. The predicted octanol–water partition coefficient (Wildman–Crippen LogP) is 6.44. The molecule has 0 unspecified atom stereocenters. The molecule has 0 fully saturated rings. The van der Waals surface area contributed by atoms with Gasteiger partial charge in [-0.25, -0.2) is 4.85 Å². The molecular formula is C51H36N2Si2. The quantitative estimate of drug-likeness (QED) is 0.101. The Kier molecular flexibility index (Phi) is 8.77. The fourth-order valence-corrected chi connectivity index (χ4v) is 18.6. The minimum Gasteiger partial charge on any atom is -0.238 e. The SMILES string of the molecule is [C-]#[N+]c1ccc([Si](c2ccccc2)(c2ccccc2)c2ccc3c(c2)Cc2cc([Si](c4ccccc4)(c4ccccc4)c4ccc(C#N)cc4)ccc2-3)cc1. The molecule has 1 aliphatic rings. The maximum Gasteiger partial charge on any atom is 0.187 e. The van der Waals surface area contributed by atoms with Gasteiger partial charge in [0.15, 0.2) is 21.8 Å². The molecule has 0 heterocycles. The Morgan fingerprint density at radius 2 is 0.727 bits per heavy atom. The smallest absolute Gasteiger partial charge is 0.187 e. The third-order valence-corrected chi connectivity index (χ3v) is 21.0. The van der Waals surface area contributed by atoms with Crippen molar-refractivity contribution in [3.05, 3.63) is 234 Å². The maximum absolute atomic E-state index is 9.71. The van der Waals surface area contributed by atoms with Gasteiger partial charge >= 0.3 is 0 Å². The van der Waals surface area contributed by atoms with Crippen LogP contribution in [-0.4, -0.2) is 16.1 Å². The first-order chi connectivity index (χ1) is 27.2. The summed E-state index contributed by atoms with van der Waals surface area (Å²) in [7, 11) is -5.57. The lowest BCUT2D eigenvalue weighted by atomic mass is 10.1. The molecule has 4 heteroatoms. The first kappa shape index (κ1) is 34.0. The third-order valence-electron chi connectivity index (χ3n) is 11.5. The van der Waals surface area contributed by atoms with E-state index in [9.17, 15) is 5.26 Å². The summed E-state index contributed by atoms with van der Waals surface area (Å²) in [5, 5.41) is 20.2. The molecule has 2 nitrogen and oxygen atoms in total. The van der Waals surface area contributed by atoms with E-state index in [1.165, 1.54) is 63.7 Å². The monoisotopic (exact) mass is 732 g/mol. The van der Waals surface area contributed by atoms with Crippen molar-refractivity contribution in [3.8, 4) is 17.2 Å². The second-order valence-corrected chi connectivity index (χ2v) is 21.9. The molecule has 8 aromatic rings. The Balaban J connectivity index is 1.23. The van der Waals surface area contributed by atoms with E-state index < -0.39 is 16.1 Å². The summed E-state index contributed by atoms with van der Waals surface area (Å²) in [6.45, 7) is 7.65. The van der Waals surface area contributed by atoms with Gasteiger partial charge in [-0.05, 0) is 82.3 Å². The molecule has 0 saturated carbocycles. The van der Waals surface area contributed by atoms with Crippen molar-refractivity contribution in [1.29, 1.82) is 5.26 Å². The zero-order valence-electron chi connectivity index (χ0n) is 30.2. The van der Waals surface area contributed by atoms with Gasteiger partial charge in [-0.2, -0.15) is 5.26 Å². The Hall–Kier alpha value is -6.83. The van der Waals surface area contributed by atoms with E-state index >= 15 is 0 Å². The Bertz CT molecular complexity index is 2440. The van der Waals surface area contributed by atoms with Gasteiger partial charge in [0.1, 0.15) is 0 Å². The molecule has 55 heavy (non-hydrogen) atoms. The summed E-state index contributed by atoms with van der Waals surface area (Å²) in [4.78, 5) is 3.73. The fourth-order valence-electron chi connectivity index (χ4n) is 9.01. The van der Waals surface area contributed by atoms with Crippen LogP contribution in [-0.2, 0) is 6.42 Å². The number of rotatable bonds is 8. The molecule has 0 atom stereocenters. The van der Waals surface area contributed by atoms with Gasteiger partial charge in [-0.15, -0.1) is 0 Å². The van der Waals surface area contributed by atoms with Gasteiger partial charge in [0.05, 0.1) is 18.2 Å². The highest BCUT2D eigenvalue weighted by atomic mass is 28.3. The van der Waals surface area contributed by atoms with Crippen LogP contribution in [0.3, 0.4) is 0 Å². The summed E-state index contributed by atoms with van der Waals surface area (Å²) in [5.74, 6) is 0. The van der Waals surface area contributed by atoms with Crippen LogP contribution in [0.15, 0.2) is 206 Å². The summed E-state index contributed by atoms with van der Waals surface area (Å²) in [6, 6.07) is 77.3. The minimum absolute atomic E-state index is 0.652. The predicted molar refractivity (Wildman–Crippen MR) is 233 cm³/mol. The van der Waals surface area contributed by atoms with E-state index in [4.69, 9.17) is 6.57 Å². The Morgan fingerprint density at radius 3 is 1.07 bits per heavy atom. The van der Waals surface area contributed by atoms with Crippen molar-refractivity contribution in [2.75, 3.05) is 0 Å². The lowest BCUT2D eigenvalue weighted by molar-refractivity contribution is 1.27. The van der Waals surface area contributed by atoms with E-state index in [0.717, 1.165) is 6.42 Å². The minimum atomic E-state index is -2.79. The van der Waals surface area contributed by atoms with Crippen molar-refractivity contribution in [3.63, 3.8) is 0 Å². The summed E-state index contributed by atoms with van der Waals surface area (Å²) in [5.41, 5.74) is 6.59. The fraction of sp³-hybridized carbons (Fsp3) is 0.0196. The van der Waals surface area contributed by atoms with E-state index in [1.807, 2.05) is 24.3 Å². The molecule has 0 saturated heterocycles. The number of nitrogens with zero attached hydrogens (tertiary/aromatic N) is 2. The van der Waals surface area contributed by atoms with Crippen LogP contribution in [0.25, 0.3) is 16.0 Å². The molecule has 258 valence electrons. The van der Waals surface area contributed by atoms with Gasteiger partial charge in [-0.1, -0.05) is 194 Å². The van der Waals surface area contributed by atoms with Crippen LogP contribution in [0, 0.1) is 17.9 Å².